The molecular weight excluding hydrogens is 414 g/mol. The van der Waals surface area contributed by atoms with Gasteiger partial charge in [-0.15, -0.1) is 0 Å². The van der Waals surface area contributed by atoms with Gasteiger partial charge in [0, 0.05) is 25.1 Å². The van der Waals surface area contributed by atoms with Gasteiger partial charge in [-0.3, -0.25) is 0 Å². The van der Waals surface area contributed by atoms with Crippen LogP contribution in [0, 0.1) is 6.92 Å². The molecule has 5 heteroatoms. The fourth-order valence-corrected chi connectivity index (χ4v) is 3.82. The van der Waals surface area contributed by atoms with E-state index in [1.807, 2.05) is 18.2 Å². The first-order valence-electron chi connectivity index (χ1n) is 11.2. The summed E-state index contributed by atoms with van der Waals surface area (Å²) in [4.78, 5) is 11.1. The van der Waals surface area contributed by atoms with Crippen LogP contribution in [0.5, 0.6) is 17.2 Å². The molecule has 0 fully saturated rings. The molecule has 0 heterocycles. The SMILES string of the molecule is COc1cc(OCc2cccc(-c3ccccc3)c2C)cc(OC)c1CNCCCC(C)=O. The van der Waals surface area contributed by atoms with E-state index in [0.717, 1.165) is 24.1 Å². The first-order chi connectivity index (χ1) is 16.0. The summed E-state index contributed by atoms with van der Waals surface area (Å²) in [5, 5.41) is 3.36. The molecule has 0 saturated carbocycles. The molecule has 0 amide bonds. The van der Waals surface area contributed by atoms with Gasteiger partial charge in [-0.2, -0.15) is 0 Å². The van der Waals surface area contributed by atoms with Gasteiger partial charge in [0.15, 0.2) is 0 Å². The maximum Gasteiger partial charge on any atom is 0.130 e. The first-order valence-corrected chi connectivity index (χ1v) is 11.2. The monoisotopic (exact) mass is 447 g/mol. The topological polar surface area (TPSA) is 56.8 Å². The zero-order chi connectivity index (χ0) is 23.6. The second-order valence-electron chi connectivity index (χ2n) is 8.03. The first kappa shape index (κ1) is 24.3. The predicted octanol–water partition coefficient (Wildman–Crippen LogP) is 5.72. The maximum atomic E-state index is 11.1. The van der Waals surface area contributed by atoms with Crippen molar-refractivity contribution in [3.05, 3.63) is 77.4 Å². The fraction of sp³-hybridized carbons (Fsp3) is 0.321. The van der Waals surface area contributed by atoms with Crippen molar-refractivity contribution in [2.24, 2.45) is 0 Å². The zero-order valence-electron chi connectivity index (χ0n) is 19.9. The molecule has 5 nitrogen and oxygen atoms in total. The van der Waals surface area contributed by atoms with Crippen LogP contribution >= 0.6 is 0 Å². The van der Waals surface area contributed by atoms with Gasteiger partial charge in [-0.1, -0.05) is 48.5 Å². The van der Waals surface area contributed by atoms with Crippen LogP contribution in [0.25, 0.3) is 11.1 Å². The van der Waals surface area contributed by atoms with E-state index in [1.54, 1.807) is 21.1 Å². The number of hydrogen-bond donors (Lipinski definition) is 1. The number of Topliss-reactive ketones (excluding diaryl/α,β-unsaturated/α-hetero) is 1. The van der Waals surface area contributed by atoms with Crippen LogP contribution in [0.2, 0.25) is 0 Å². The molecule has 0 spiro atoms. The molecule has 0 radical (unpaired) electrons. The molecule has 0 aliphatic rings. The quantitative estimate of drug-likeness (QED) is 0.360. The molecule has 1 N–H and O–H groups in total. The average Bonchev–Trinajstić information content (AvgIpc) is 2.83. The lowest BCUT2D eigenvalue weighted by molar-refractivity contribution is -0.117. The zero-order valence-corrected chi connectivity index (χ0v) is 19.9. The van der Waals surface area contributed by atoms with E-state index in [4.69, 9.17) is 14.2 Å². The van der Waals surface area contributed by atoms with Crippen LogP contribution < -0.4 is 19.5 Å². The van der Waals surface area contributed by atoms with Crippen LogP contribution in [0.15, 0.2) is 60.7 Å². The fourth-order valence-electron chi connectivity index (χ4n) is 3.82. The molecule has 0 aliphatic heterocycles. The summed E-state index contributed by atoms with van der Waals surface area (Å²) in [6.07, 6.45) is 1.39. The van der Waals surface area contributed by atoms with Crippen molar-refractivity contribution < 1.29 is 19.0 Å². The minimum Gasteiger partial charge on any atom is -0.496 e. The number of methoxy groups -OCH3 is 2. The van der Waals surface area contributed by atoms with Crippen LogP contribution in [-0.2, 0) is 17.9 Å². The van der Waals surface area contributed by atoms with Gasteiger partial charge in [0.1, 0.15) is 29.6 Å². The highest BCUT2D eigenvalue weighted by Crippen LogP contribution is 2.35. The lowest BCUT2D eigenvalue weighted by Crippen LogP contribution is -2.16. The molecule has 0 aliphatic carbocycles. The highest BCUT2D eigenvalue weighted by molar-refractivity contribution is 5.75. The van der Waals surface area contributed by atoms with Crippen molar-refractivity contribution in [2.45, 2.75) is 39.8 Å². The van der Waals surface area contributed by atoms with Crippen molar-refractivity contribution >= 4 is 5.78 Å². The van der Waals surface area contributed by atoms with Crippen LogP contribution in [-0.4, -0.2) is 26.5 Å². The number of nitrogens with one attached hydrogen (secondary N) is 1. The van der Waals surface area contributed by atoms with Gasteiger partial charge in [-0.05, 0) is 49.1 Å². The number of ether oxygens (including phenoxy) is 3. The molecule has 3 aromatic rings. The van der Waals surface area contributed by atoms with E-state index in [2.05, 4.69) is 54.7 Å². The maximum absolute atomic E-state index is 11.1. The Morgan fingerprint density at radius 3 is 2.27 bits per heavy atom. The second-order valence-corrected chi connectivity index (χ2v) is 8.03. The van der Waals surface area contributed by atoms with Crippen molar-refractivity contribution in [3.8, 4) is 28.4 Å². The molecule has 0 unspecified atom stereocenters. The summed E-state index contributed by atoms with van der Waals surface area (Å²) in [6, 6.07) is 20.5. The molecule has 174 valence electrons. The van der Waals surface area contributed by atoms with E-state index < -0.39 is 0 Å². The third-order valence-corrected chi connectivity index (χ3v) is 5.69. The highest BCUT2D eigenvalue weighted by atomic mass is 16.5. The van der Waals surface area contributed by atoms with Crippen molar-refractivity contribution in [1.82, 2.24) is 5.32 Å². The Morgan fingerprint density at radius 2 is 1.64 bits per heavy atom. The molecule has 3 aromatic carbocycles. The normalized spacial score (nSPS) is 10.7. The summed E-state index contributed by atoms with van der Waals surface area (Å²) in [5.41, 5.74) is 5.66. The molecule has 3 rings (SSSR count). The Labute approximate surface area is 196 Å². The lowest BCUT2D eigenvalue weighted by Gasteiger charge is -2.17. The second kappa shape index (κ2) is 12.1. The van der Waals surface area contributed by atoms with Gasteiger partial charge < -0.3 is 24.3 Å². The largest absolute Gasteiger partial charge is 0.496 e. The van der Waals surface area contributed by atoms with Crippen molar-refractivity contribution in [1.29, 1.82) is 0 Å². The van der Waals surface area contributed by atoms with Gasteiger partial charge in [-0.25, -0.2) is 0 Å². The Balaban J connectivity index is 1.72. The standard InChI is InChI=1S/C28H33NO4/c1-20(30)10-9-15-29-18-26-27(31-3)16-24(17-28(26)32-4)33-19-23-13-8-14-25(21(23)2)22-11-6-5-7-12-22/h5-8,11-14,16-17,29H,9-10,15,18-19H2,1-4H3. The molecule has 0 saturated heterocycles. The predicted molar refractivity (Wildman–Crippen MR) is 132 cm³/mol. The summed E-state index contributed by atoms with van der Waals surface area (Å²) in [6.45, 7) is 5.53. The van der Waals surface area contributed by atoms with E-state index in [0.29, 0.717) is 36.8 Å². The minimum absolute atomic E-state index is 0.206. The summed E-state index contributed by atoms with van der Waals surface area (Å²) >= 11 is 0. The number of hydrogen-bond acceptors (Lipinski definition) is 5. The Morgan fingerprint density at radius 1 is 0.939 bits per heavy atom. The summed E-state index contributed by atoms with van der Waals surface area (Å²) in [5.74, 6) is 2.31. The minimum atomic E-state index is 0.206. The number of benzene rings is 3. The summed E-state index contributed by atoms with van der Waals surface area (Å²) < 4.78 is 17.4. The van der Waals surface area contributed by atoms with Crippen LogP contribution in [0.1, 0.15) is 36.5 Å². The van der Waals surface area contributed by atoms with E-state index in [9.17, 15) is 4.79 Å². The third kappa shape index (κ3) is 6.59. The molecule has 0 aromatic heterocycles. The van der Waals surface area contributed by atoms with Gasteiger partial charge >= 0.3 is 0 Å². The average molecular weight is 448 g/mol. The van der Waals surface area contributed by atoms with E-state index >= 15 is 0 Å². The molecule has 33 heavy (non-hydrogen) atoms. The van der Waals surface area contributed by atoms with Gasteiger partial charge in [0.2, 0.25) is 0 Å². The lowest BCUT2D eigenvalue weighted by atomic mass is 9.97. The Kier molecular flexibility index (Phi) is 8.90. The molecule has 0 bridgehead atoms. The van der Waals surface area contributed by atoms with E-state index in [1.165, 1.54) is 16.7 Å². The van der Waals surface area contributed by atoms with Gasteiger partial charge in [0.05, 0.1) is 19.8 Å². The molecule has 0 atom stereocenters. The number of rotatable bonds is 12. The molecular formula is C28H33NO4. The van der Waals surface area contributed by atoms with E-state index in [-0.39, 0.29) is 5.78 Å². The number of carbonyl (C=O) groups is 1. The highest BCUT2D eigenvalue weighted by Gasteiger charge is 2.14. The number of carbonyl (C=O) groups excluding carboxylic acids is 1. The Bertz CT molecular complexity index is 1040. The van der Waals surface area contributed by atoms with Crippen LogP contribution in [0.3, 0.4) is 0 Å². The summed E-state index contributed by atoms with van der Waals surface area (Å²) in [7, 11) is 3.29. The third-order valence-electron chi connectivity index (χ3n) is 5.69. The van der Waals surface area contributed by atoms with Crippen molar-refractivity contribution in [3.63, 3.8) is 0 Å². The number of ketones is 1. The smallest absolute Gasteiger partial charge is 0.130 e. The van der Waals surface area contributed by atoms with Gasteiger partial charge in [0.25, 0.3) is 0 Å². The van der Waals surface area contributed by atoms with Crippen molar-refractivity contribution in [2.75, 3.05) is 20.8 Å². The van der Waals surface area contributed by atoms with Crippen LogP contribution in [0.4, 0.5) is 0 Å². The Hall–Kier alpha value is -3.31.